The number of nitrogens with zero attached hydrogens (tertiary/aromatic N) is 6. The van der Waals surface area contributed by atoms with Crippen LogP contribution in [0.3, 0.4) is 0 Å². The van der Waals surface area contributed by atoms with E-state index in [2.05, 4.69) is 37.3 Å². The molecule has 1 N–H and O–H groups in total. The van der Waals surface area contributed by atoms with Gasteiger partial charge in [-0.25, -0.2) is 4.98 Å². The van der Waals surface area contributed by atoms with Gasteiger partial charge in [0, 0.05) is 31.0 Å². The fourth-order valence-electron chi connectivity index (χ4n) is 2.84. The maximum atomic E-state index is 5.41. The predicted molar refractivity (Wildman–Crippen MR) is 94.8 cm³/mol. The molecular weight excluding hydrogens is 318 g/mol. The van der Waals surface area contributed by atoms with Gasteiger partial charge in [-0.15, -0.1) is 10.2 Å². The normalized spacial score (nSPS) is 14.8. The summed E-state index contributed by atoms with van der Waals surface area (Å²) in [6.45, 7) is 5.72. The number of fused-ring (bicyclic) bond motifs is 1. The molecule has 130 valence electrons. The highest BCUT2D eigenvalue weighted by molar-refractivity contribution is 5.45. The Morgan fingerprint density at radius 1 is 1.16 bits per heavy atom. The summed E-state index contributed by atoms with van der Waals surface area (Å²) >= 11 is 0. The minimum absolute atomic E-state index is 0.550. The molecule has 25 heavy (non-hydrogen) atoms. The summed E-state index contributed by atoms with van der Waals surface area (Å²) in [4.78, 5) is 11.5. The van der Waals surface area contributed by atoms with E-state index in [0.717, 1.165) is 48.4 Å². The number of aryl methyl sites for hydroxylation is 1. The molecular formula is C17H21N7O. The first-order valence-electron chi connectivity index (χ1n) is 8.56. The van der Waals surface area contributed by atoms with Crippen molar-refractivity contribution in [3.8, 4) is 0 Å². The van der Waals surface area contributed by atoms with Gasteiger partial charge >= 0.3 is 0 Å². The minimum Gasteiger partial charge on any atom is -0.378 e. The molecule has 8 nitrogen and oxygen atoms in total. The fraction of sp³-hybridized carbons (Fsp3) is 0.412. The molecule has 0 unspecified atom stereocenters. The van der Waals surface area contributed by atoms with Gasteiger partial charge in [0.25, 0.3) is 0 Å². The van der Waals surface area contributed by atoms with Gasteiger partial charge in [0.15, 0.2) is 11.5 Å². The van der Waals surface area contributed by atoms with Crippen LogP contribution in [-0.4, -0.2) is 50.9 Å². The molecule has 0 amide bonds. The van der Waals surface area contributed by atoms with E-state index in [9.17, 15) is 0 Å². The largest absolute Gasteiger partial charge is 0.378 e. The van der Waals surface area contributed by atoms with Crippen LogP contribution in [0.15, 0.2) is 30.5 Å². The smallest absolute Gasteiger partial charge is 0.227 e. The quantitative estimate of drug-likeness (QED) is 0.755. The third-order valence-corrected chi connectivity index (χ3v) is 4.24. The Kier molecular flexibility index (Phi) is 4.43. The Bertz CT molecular complexity index is 857. The summed E-state index contributed by atoms with van der Waals surface area (Å²) in [7, 11) is 0. The Morgan fingerprint density at radius 3 is 2.88 bits per heavy atom. The molecule has 3 aromatic rings. The first-order chi connectivity index (χ1) is 12.3. The second-order valence-electron chi connectivity index (χ2n) is 5.90. The van der Waals surface area contributed by atoms with E-state index in [1.165, 1.54) is 0 Å². The lowest BCUT2D eigenvalue weighted by Crippen LogP contribution is -2.37. The number of pyridine rings is 1. The molecule has 0 spiro atoms. The molecule has 0 saturated carbocycles. The SMILES string of the molecule is CCc1cc(NCc2nnc3ccccn23)nc(N2CCOCC2)n1. The van der Waals surface area contributed by atoms with Crippen LogP contribution in [0, 0.1) is 0 Å². The Morgan fingerprint density at radius 2 is 2.04 bits per heavy atom. The van der Waals surface area contributed by atoms with E-state index in [1.54, 1.807) is 0 Å². The maximum absolute atomic E-state index is 5.41. The van der Waals surface area contributed by atoms with E-state index < -0.39 is 0 Å². The topological polar surface area (TPSA) is 80.5 Å². The summed E-state index contributed by atoms with van der Waals surface area (Å²) in [6, 6.07) is 7.85. The van der Waals surface area contributed by atoms with E-state index in [1.807, 2.05) is 34.9 Å². The van der Waals surface area contributed by atoms with Crippen LogP contribution in [-0.2, 0) is 17.7 Å². The summed E-state index contributed by atoms with van der Waals surface area (Å²) in [6.07, 6.45) is 2.82. The lowest BCUT2D eigenvalue weighted by Gasteiger charge is -2.27. The molecule has 1 aliphatic heterocycles. The van der Waals surface area contributed by atoms with Gasteiger partial charge in [-0.2, -0.15) is 4.98 Å². The lowest BCUT2D eigenvalue weighted by molar-refractivity contribution is 0.122. The van der Waals surface area contributed by atoms with Crippen molar-refractivity contribution in [2.75, 3.05) is 36.5 Å². The molecule has 8 heteroatoms. The molecule has 1 fully saturated rings. The van der Waals surface area contributed by atoms with E-state index in [-0.39, 0.29) is 0 Å². The summed E-state index contributed by atoms with van der Waals surface area (Å²) < 4.78 is 7.38. The van der Waals surface area contributed by atoms with Crippen molar-refractivity contribution in [3.63, 3.8) is 0 Å². The Labute approximate surface area is 145 Å². The van der Waals surface area contributed by atoms with Gasteiger partial charge < -0.3 is 15.0 Å². The fourth-order valence-corrected chi connectivity index (χ4v) is 2.84. The first kappa shape index (κ1) is 15.8. The van der Waals surface area contributed by atoms with Gasteiger partial charge in [-0.3, -0.25) is 4.40 Å². The highest BCUT2D eigenvalue weighted by Gasteiger charge is 2.15. The van der Waals surface area contributed by atoms with Crippen molar-refractivity contribution in [2.24, 2.45) is 0 Å². The summed E-state index contributed by atoms with van der Waals surface area (Å²) in [5.41, 5.74) is 1.86. The highest BCUT2D eigenvalue weighted by Crippen LogP contribution is 2.16. The molecule has 0 aromatic carbocycles. The predicted octanol–water partition coefficient (Wildman–Crippen LogP) is 1.53. The summed E-state index contributed by atoms with van der Waals surface area (Å²) in [5, 5.41) is 11.8. The molecule has 0 aliphatic carbocycles. The standard InChI is InChI=1S/C17H21N7O/c1-2-13-11-14(20-17(19-13)23-7-9-25-10-8-23)18-12-16-22-21-15-5-3-4-6-24(15)16/h3-6,11H,2,7-10,12H2,1H3,(H,18,19,20). The lowest BCUT2D eigenvalue weighted by atomic mass is 10.3. The number of nitrogens with one attached hydrogen (secondary N) is 1. The van der Waals surface area contributed by atoms with Crippen molar-refractivity contribution in [2.45, 2.75) is 19.9 Å². The van der Waals surface area contributed by atoms with Crippen molar-refractivity contribution < 1.29 is 4.74 Å². The monoisotopic (exact) mass is 339 g/mol. The van der Waals surface area contributed by atoms with Crippen LogP contribution in [0.5, 0.6) is 0 Å². The van der Waals surface area contributed by atoms with Gasteiger partial charge in [-0.05, 0) is 18.6 Å². The van der Waals surface area contributed by atoms with Gasteiger partial charge in [0.1, 0.15) is 5.82 Å². The molecule has 4 rings (SSSR count). The molecule has 0 atom stereocenters. The Balaban J connectivity index is 1.55. The number of morpholine rings is 1. The number of rotatable bonds is 5. The van der Waals surface area contributed by atoms with Crippen LogP contribution in [0.4, 0.5) is 11.8 Å². The number of anilines is 2. The molecule has 1 saturated heterocycles. The molecule has 4 heterocycles. The van der Waals surface area contributed by atoms with Crippen LogP contribution in [0.2, 0.25) is 0 Å². The van der Waals surface area contributed by atoms with Crippen LogP contribution < -0.4 is 10.2 Å². The molecule has 0 radical (unpaired) electrons. The Hall–Kier alpha value is -2.74. The van der Waals surface area contributed by atoms with Gasteiger partial charge in [0.2, 0.25) is 5.95 Å². The average Bonchev–Trinajstić information content (AvgIpc) is 3.10. The molecule has 0 bridgehead atoms. The zero-order chi connectivity index (χ0) is 17.1. The van der Waals surface area contributed by atoms with E-state index >= 15 is 0 Å². The van der Waals surface area contributed by atoms with E-state index in [0.29, 0.717) is 19.8 Å². The molecule has 3 aromatic heterocycles. The maximum Gasteiger partial charge on any atom is 0.227 e. The average molecular weight is 339 g/mol. The zero-order valence-corrected chi connectivity index (χ0v) is 14.2. The first-order valence-corrected chi connectivity index (χ1v) is 8.56. The number of aromatic nitrogens is 5. The number of hydrogen-bond acceptors (Lipinski definition) is 7. The summed E-state index contributed by atoms with van der Waals surface area (Å²) in [5.74, 6) is 2.41. The van der Waals surface area contributed by atoms with E-state index in [4.69, 9.17) is 4.74 Å². The third-order valence-electron chi connectivity index (χ3n) is 4.24. The van der Waals surface area contributed by atoms with Gasteiger partial charge in [-0.1, -0.05) is 13.0 Å². The van der Waals surface area contributed by atoms with Gasteiger partial charge in [0.05, 0.1) is 19.8 Å². The van der Waals surface area contributed by atoms with Crippen molar-refractivity contribution in [1.82, 2.24) is 24.6 Å². The van der Waals surface area contributed by atoms with Crippen LogP contribution >= 0.6 is 0 Å². The van der Waals surface area contributed by atoms with Crippen molar-refractivity contribution in [3.05, 3.63) is 42.0 Å². The second kappa shape index (κ2) is 7.02. The zero-order valence-electron chi connectivity index (χ0n) is 14.2. The minimum atomic E-state index is 0.550. The highest BCUT2D eigenvalue weighted by atomic mass is 16.5. The molecule has 1 aliphatic rings. The second-order valence-corrected chi connectivity index (χ2v) is 5.90. The third kappa shape index (κ3) is 3.39. The van der Waals surface area contributed by atoms with Crippen molar-refractivity contribution in [1.29, 1.82) is 0 Å². The van der Waals surface area contributed by atoms with Crippen LogP contribution in [0.25, 0.3) is 5.65 Å². The van der Waals surface area contributed by atoms with Crippen LogP contribution in [0.1, 0.15) is 18.4 Å². The number of ether oxygens (including phenoxy) is 1. The van der Waals surface area contributed by atoms with Crippen molar-refractivity contribution >= 4 is 17.4 Å². The number of hydrogen-bond donors (Lipinski definition) is 1.